The summed E-state index contributed by atoms with van der Waals surface area (Å²) in [4.78, 5) is 19.0. The fourth-order valence-electron chi connectivity index (χ4n) is 2.82. The van der Waals surface area contributed by atoms with E-state index in [2.05, 4.69) is 22.3 Å². The van der Waals surface area contributed by atoms with Crippen LogP contribution in [-0.4, -0.2) is 27.5 Å². The van der Waals surface area contributed by atoms with Gasteiger partial charge >= 0.3 is 0 Å². The fourth-order valence-corrected chi connectivity index (χ4v) is 2.82. The van der Waals surface area contributed by atoms with Crippen LogP contribution >= 0.6 is 0 Å². The van der Waals surface area contributed by atoms with Crippen molar-refractivity contribution in [3.05, 3.63) is 83.0 Å². The van der Waals surface area contributed by atoms with Crippen LogP contribution in [0.1, 0.15) is 32.9 Å². The lowest BCUT2D eigenvalue weighted by atomic mass is 10.1. The van der Waals surface area contributed by atoms with E-state index in [-0.39, 0.29) is 5.91 Å². The van der Waals surface area contributed by atoms with Gasteiger partial charge in [-0.25, -0.2) is 0 Å². The van der Waals surface area contributed by atoms with Crippen LogP contribution in [0.25, 0.3) is 0 Å². The SMILES string of the molecule is Cc1noc(C)c1C(=O)N(CCc1ccccc1)Cc1ccncc1. The minimum Gasteiger partial charge on any atom is -0.361 e. The monoisotopic (exact) mass is 335 g/mol. The molecule has 0 unspecified atom stereocenters. The van der Waals surface area contributed by atoms with E-state index in [1.165, 1.54) is 5.56 Å². The highest BCUT2D eigenvalue weighted by atomic mass is 16.5. The molecular formula is C20H21N3O2. The van der Waals surface area contributed by atoms with Gasteiger partial charge in [0.1, 0.15) is 11.3 Å². The summed E-state index contributed by atoms with van der Waals surface area (Å²) in [5, 5.41) is 3.91. The molecule has 2 heterocycles. The molecule has 128 valence electrons. The van der Waals surface area contributed by atoms with Gasteiger partial charge in [0.15, 0.2) is 0 Å². The Bertz CT molecular complexity index is 809. The summed E-state index contributed by atoms with van der Waals surface area (Å²) in [6.45, 7) is 4.72. The van der Waals surface area contributed by atoms with Gasteiger partial charge in [-0.3, -0.25) is 9.78 Å². The van der Waals surface area contributed by atoms with Crippen LogP contribution in [0.3, 0.4) is 0 Å². The van der Waals surface area contributed by atoms with Crippen LogP contribution in [0, 0.1) is 13.8 Å². The number of carbonyl (C=O) groups is 1. The molecule has 5 heteroatoms. The first-order valence-corrected chi connectivity index (χ1v) is 8.30. The van der Waals surface area contributed by atoms with Gasteiger partial charge in [-0.05, 0) is 43.5 Å². The Kier molecular flexibility index (Phi) is 5.23. The van der Waals surface area contributed by atoms with Gasteiger partial charge < -0.3 is 9.42 Å². The number of carbonyl (C=O) groups excluding carboxylic acids is 1. The maximum Gasteiger partial charge on any atom is 0.259 e. The molecule has 0 atom stereocenters. The molecule has 2 aromatic heterocycles. The normalized spacial score (nSPS) is 10.6. The van der Waals surface area contributed by atoms with E-state index in [1.807, 2.05) is 35.2 Å². The molecule has 1 amide bonds. The van der Waals surface area contributed by atoms with Crippen LogP contribution in [0.4, 0.5) is 0 Å². The van der Waals surface area contributed by atoms with Gasteiger partial charge in [0.05, 0.1) is 5.69 Å². The van der Waals surface area contributed by atoms with Crippen molar-refractivity contribution in [3.63, 3.8) is 0 Å². The second kappa shape index (κ2) is 7.75. The zero-order chi connectivity index (χ0) is 17.6. The summed E-state index contributed by atoms with van der Waals surface area (Å²) in [5.74, 6) is 0.505. The summed E-state index contributed by atoms with van der Waals surface area (Å²) >= 11 is 0. The second-order valence-electron chi connectivity index (χ2n) is 6.02. The molecule has 0 spiro atoms. The summed E-state index contributed by atoms with van der Waals surface area (Å²) in [6.07, 6.45) is 4.28. The topological polar surface area (TPSA) is 59.2 Å². The molecule has 1 aromatic carbocycles. The maximum absolute atomic E-state index is 13.1. The summed E-state index contributed by atoms with van der Waals surface area (Å²) in [7, 11) is 0. The third-order valence-corrected chi connectivity index (χ3v) is 4.17. The maximum atomic E-state index is 13.1. The third kappa shape index (κ3) is 4.12. The van der Waals surface area contributed by atoms with Crippen LogP contribution in [0.15, 0.2) is 59.4 Å². The highest BCUT2D eigenvalue weighted by Crippen LogP contribution is 2.17. The minimum absolute atomic E-state index is 0.0519. The van der Waals surface area contributed by atoms with Gasteiger partial charge in [-0.15, -0.1) is 0 Å². The Morgan fingerprint density at radius 2 is 1.76 bits per heavy atom. The molecule has 0 aliphatic heterocycles. The Labute approximate surface area is 147 Å². The van der Waals surface area contributed by atoms with Crippen LogP contribution in [-0.2, 0) is 13.0 Å². The largest absolute Gasteiger partial charge is 0.361 e. The lowest BCUT2D eigenvalue weighted by Gasteiger charge is -2.23. The first-order valence-electron chi connectivity index (χ1n) is 8.30. The van der Waals surface area contributed by atoms with Crippen molar-refractivity contribution in [1.82, 2.24) is 15.0 Å². The quantitative estimate of drug-likeness (QED) is 0.691. The van der Waals surface area contributed by atoms with Gasteiger partial charge in [0.25, 0.3) is 5.91 Å². The van der Waals surface area contributed by atoms with Crippen molar-refractivity contribution in [1.29, 1.82) is 0 Å². The van der Waals surface area contributed by atoms with E-state index in [1.54, 1.807) is 26.2 Å². The molecule has 0 fully saturated rings. The number of aromatic nitrogens is 2. The molecule has 0 N–H and O–H groups in total. The second-order valence-corrected chi connectivity index (χ2v) is 6.02. The van der Waals surface area contributed by atoms with Crippen molar-refractivity contribution in [3.8, 4) is 0 Å². The Hall–Kier alpha value is -2.95. The number of hydrogen-bond acceptors (Lipinski definition) is 4. The molecule has 3 aromatic rings. The number of nitrogens with zero attached hydrogens (tertiary/aromatic N) is 3. The Morgan fingerprint density at radius 1 is 1.04 bits per heavy atom. The average Bonchev–Trinajstić information content (AvgIpc) is 2.98. The van der Waals surface area contributed by atoms with Crippen LogP contribution in [0.2, 0.25) is 0 Å². The number of rotatable bonds is 6. The molecule has 0 saturated carbocycles. The summed E-state index contributed by atoms with van der Waals surface area (Å²) < 4.78 is 5.17. The highest BCUT2D eigenvalue weighted by Gasteiger charge is 2.23. The minimum atomic E-state index is -0.0519. The summed E-state index contributed by atoms with van der Waals surface area (Å²) in [6, 6.07) is 14.0. The predicted molar refractivity (Wildman–Crippen MR) is 95.1 cm³/mol. The highest BCUT2D eigenvalue weighted by molar-refractivity contribution is 5.96. The van der Waals surface area contributed by atoms with Gasteiger partial charge in [0, 0.05) is 25.5 Å². The number of benzene rings is 1. The number of amides is 1. The number of pyridine rings is 1. The molecule has 0 aliphatic carbocycles. The molecule has 3 rings (SSSR count). The van der Waals surface area contributed by atoms with E-state index in [0.29, 0.717) is 30.1 Å². The zero-order valence-electron chi connectivity index (χ0n) is 14.5. The molecule has 0 saturated heterocycles. The van der Waals surface area contributed by atoms with Gasteiger partial charge in [-0.1, -0.05) is 35.5 Å². The van der Waals surface area contributed by atoms with E-state index < -0.39 is 0 Å². The Balaban J connectivity index is 1.82. The van der Waals surface area contributed by atoms with E-state index in [9.17, 15) is 4.79 Å². The standard InChI is InChI=1S/C20H21N3O2/c1-15-19(16(2)25-22-15)20(24)23(14-18-8-11-21-12-9-18)13-10-17-6-4-3-5-7-17/h3-9,11-12H,10,13-14H2,1-2H3. The smallest absolute Gasteiger partial charge is 0.259 e. The third-order valence-electron chi connectivity index (χ3n) is 4.17. The lowest BCUT2D eigenvalue weighted by Crippen LogP contribution is -2.33. The Morgan fingerprint density at radius 3 is 2.40 bits per heavy atom. The van der Waals surface area contributed by atoms with Crippen LogP contribution in [0.5, 0.6) is 0 Å². The molecule has 25 heavy (non-hydrogen) atoms. The van der Waals surface area contributed by atoms with Crippen molar-refractivity contribution >= 4 is 5.91 Å². The molecule has 0 aliphatic rings. The van der Waals surface area contributed by atoms with E-state index in [0.717, 1.165) is 12.0 Å². The van der Waals surface area contributed by atoms with Crippen LogP contribution < -0.4 is 0 Å². The van der Waals surface area contributed by atoms with E-state index >= 15 is 0 Å². The molecular weight excluding hydrogens is 314 g/mol. The first-order chi connectivity index (χ1) is 12.1. The lowest BCUT2D eigenvalue weighted by molar-refractivity contribution is 0.0742. The van der Waals surface area contributed by atoms with Gasteiger partial charge in [-0.2, -0.15) is 0 Å². The fraction of sp³-hybridized carbons (Fsp3) is 0.250. The van der Waals surface area contributed by atoms with Crippen molar-refractivity contribution in [2.75, 3.05) is 6.54 Å². The average molecular weight is 335 g/mol. The van der Waals surface area contributed by atoms with Crippen molar-refractivity contribution < 1.29 is 9.32 Å². The molecule has 5 nitrogen and oxygen atoms in total. The van der Waals surface area contributed by atoms with E-state index in [4.69, 9.17) is 4.52 Å². The summed E-state index contributed by atoms with van der Waals surface area (Å²) in [5.41, 5.74) is 3.43. The number of aryl methyl sites for hydroxylation is 2. The zero-order valence-corrected chi connectivity index (χ0v) is 14.5. The predicted octanol–water partition coefficient (Wildman–Crippen LogP) is 3.57. The number of hydrogen-bond donors (Lipinski definition) is 0. The van der Waals surface area contributed by atoms with Gasteiger partial charge in [0.2, 0.25) is 0 Å². The molecule has 0 radical (unpaired) electrons. The van der Waals surface area contributed by atoms with Crippen molar-refractivity contribution in [2.45, 2.75) is 26.8 Å². The molecule has 0 bridgehead atoms. The first kappa shape index (κ1) is 16.9. The van der Waals surface area contributed by atoms with Crippen molar-refractivity contribution in [2.24, 2.45) is 0 Å².